The van der Waals surface area contributed by atoms with Gasteiger partial charge >= 0.3 is 11.9 Å². The van der Waals surface area contributed by atoms with Crippen molar-refractivity contribution in [2.24, 2.45) is 11.1 Å². The van der Waals surface area contributed by atoms with Crippen molar-refractivity contribution >= 4 is 23.5 Å². The van der Waals surface area contributed by atoms with E-state index in [1.165, 1.54) is 12.1 Å². The molecule has 21 heavy (non-hydrogen) atoms. The van der Waals surface area contributed by atoms with Gasteiger partial charge in [-0.25, -0.2) is 9.59 Å². The number of anilines is 1. The van der Waals surface area contributed by atoms with Crippen molar-refractivity contribution in [1.82, 2.24) is 0 Å². The van der Waals surface area contributed by atoms with Crippen molar-refractivity contribution in [1.29, 1.82) is 0 Å². The number of carbonyl (C=O) groups excluding carboxylic acids is 1. The first-order chi connectivity index (χ1) is 9.52. The Morgan fingerprint density at radius 1 is 1.05 bits per heavy atom. The van der Waals surface area contributed by atoms with Crippen LogP contribution in [0.15, 0.2) is 18.2 Å². The molecule has 7 heteroatoms. The van der Waals surface area contributed by atoms with Crippen LogP contribution in [0.2, 0.25) is 0 Å². The lowest BCUT2D eigenvalue weighted by molar-refractivity contribution is -0.119. The average molecular weight is 294 g/mol. The fraction of sp³-hybridized carbons (Fsp3) is 0.357. The number of hydrogen-bond acceptors (Lipinski definition) is 4. The minimum atomic E-state index is -1.28. The third kappa shape index (κ3) is 4.28. The molecule has 7 nitrogen and oxygen atoms in total. The third-order valence-corrected chi connectivity index (χ3v) is 2.91. The van der Waals surface area contributed by atoms with Gasteiger partial charge in [0, 0.05) is 5.69 Å². The van der Waals surface area contributed by atoms with E-state index < -0.39 is 29.3 Å². The van der Waals surface area contributed by atoms with Gasteiger partial charge in [0.05, 0.1) is 17.2 Å². The van der Waals surface area contributed by atoms with Gasteiger partial charge < -0.3 is 21.3 Å². The highest BCUT2D eigenvalue weighted by atomic mass is 16.4. The Morgan fingerprint density at radius 2 is 1.48 bits per heavy atom. The molecular weight excluding hydrogens is 276 g/mol. The summed E-state index contributed by atoms with van der Waals surface area (Å²) in [6.07, 6.45) is 0. The summed E-state index contributed by atoms with van der Waals surface area (Å²) in [5.41, 5.74) is 4.94. The molecule has 0 aliphatic heterocycles. The minimum Gasteiger partial charge on any atom is -0.478 e. The predicted molar refractivity (Wildman–Crippen MR) is 76.4 cm³/mol. The molecule has 1 amide bonds. The van der Waals surface area contributed by atoms with Gasteiger partial charge in [0.25, 0.3) is 0 Å². The molecule has 0 radical (unpaired) electrons. The molecule has 114 valence electrons. The number of carbonyl (C=O) groups is 3. The van der Waals surface area contributed by atoms with Crippen LogP contribution in [-0.4, -0.2) is 34.1 Å². The molecule has 0 aliphatic rings. The Labute approximate surface area is 121 Å². The van der Waals surface area contributed by atoms with Gasteiger partial charge in [-0.15, -0.1) is 0 Å². The second kappa shape index (κ2) is 5.92. The molecule has 0 heterocycles. The molecule has 0 unspecified atom stereocenters. The van der Waals surface area contributed by atoms with E-state index in [2.05, 4.69) is 5.32 Å². The summed E-state index contributed by atoms with van der Waals surface area (Å²) in [6, 6.07) is 2.56. The van der Waals surface area contributed by atoms with E-state index in [-0.39, 0.29) is 16.8 Å². The summed E-state index contributed by atoms with van der Waals surface area (Å²) in [6.45, 7) is 5.36. The van der Waals surface area contributed by atoms with Crippen LogP contribution in [-0.2, 0) is 4.79 Å². The number of hydrogen-bond donors (Lipinski definition) is 4. The molecule has 0 bridgehead atoms. The Balaban J connectivity index is 3.11. The molecule has 0 saturated heterocycles. The van der Waals surface area contributed by atoms with Crippen LogP contribution >= 0.6 is 0 Å². The molecule has 1 aromatic rings. The number of amides is 1. The number of benzene rings is 1. The van der Waals surface area contributed by atoms with E-state index >= 15 is 0 Å². The highest BCUT2D eigenvalue weighted by molar-refractivity contribution is 6.00. The van der Waals surface area contributed by atoms with E-state index in [1.807, 2.05) is 0 Å². The molecule has 0 fully saturated rings. The average Bonchev–Trinajstić information content (AvgIpc) is 2.36. The number of aromatic carboxylic acids is 2. The summed E-state index contributed by atoms with van der Waals surface area (Å²) < 4.78 is 0. The van der Waals surface area contributed by atoms with Crippen LogP contribution in [0.5, 0.6) is 0 Å². The van der Waals surface area contributed by atoms with Crippen molar-refractivity contribution in [3.8, 4) is 0 Å². The summed E-state index contributed by atoms with van der Waals surface area (Å²) in [5, 5.41) is 20.4. The monoisotopic (exact) mass is 294 g/mol. The number of nitrogens with two attached hydrogens (primary N) is 1. The standard InChI is InChI=1S/C14H18N2O5/c1-14(2,3)10(15)11(17)16-9-5-7(12(18)19)4-8(6-9)13(20)21/h4-6,10H,15H2,1-3H3,(H,16,17)(H,18,19)(H,20,21)/t10-/m1/s1. The lowest BCUT2D eigenvalue weighted by Crippen LogP contribution is -2.45. The molecule has 1 aromatic carbocycles. The largest absolute Gasteiger partial charge is 0.478 e. The van der Waals surface area contributed by atoms with E-state index in [4.69, 9.17) is 15.9 Å². The third-order valence-electron chi connectivity index (χ3n) is 2.91. The van der Waals surface area contributed by atoms with Crippen molar-refractivity contribution in [3.05, 3.63) is 29.3 Å². The fourth-order valence-electron chi connectivity index (χ4n) is 1.56. The smallest absolute Gasteiger partial charge is 0.335 e. The predicted octanol–water partition coefficient (Wildman–Crippen LogP) is 1.39. The zero-order valence-corrected chi connectivity index (χ0v) is 12.0. The van der Waals surface area contributed by atoms with Crippen LogP contribution in [0.4, 0.5) is 5.69 Å². The van der Waals surface area contributed by atoms with Gasteiger partial charge in [0.2, 0.25) is 5.91 Å². The first kappa shape index (κ1) is 16.6. The van der Waals surface area contributed by atoms with Crippen molar-refractivity contribution in [2.45, 2.75) is 26.8 Å². The van der Waals surface area contributed by atoms with Gasteiger partial charge in [-0.05, 0) is 23.6 Å². The van der Waals surface area contributed by atoms with E-state index in [0.29, 0.717) is 0 Å². The molecule has 0 aromatic heterocycles. The maximum atomic E-state index is 12.0. The van der Waals surface area contributed by atoms with Crippen LogP contribution < -0.4 is 11.1 Å². The molecule has 1 atom stereocenters. The van der Waals surface area contributed by atoms with Gasteiger partial charge in [0.15, 0.2) is 0 Å². The van der Waals surface area contributed by atoms with E-state index in [1.54, 1.807) is 20.8 Å². The summed E-state index contributed by atoms with van der Waals surface area (Å²) in [4.78, 5) is 33.9. The SMILES string of the molecule is CC(C)(C)[C@H](N)C(=O)Nc1cc(C(=O)O)cc(C(=O)O)c1. The first-order valence-electron chi connectivity index (χ1n) is 6.20. The van der Waals surface area contributed by atoms with Crippen LogP contribution in [0.3, 0.4) is 0 Å². The number of carboxylic acid groups (broad SMARTS) is 2. The maximum absolute atomic E-state index is 12.0. The van der Waals surface area contributed by atoms with E-state index in [9.17, 15) is 14.4 Å². The molecule has 0 spiro atoms. The number of nitrogens with one attached hydrogen (secondary N) is 1. The second-order valence-corrected chi connectivity index (χ2v) is 5.74. The molecule has 0 saturated carbocycles. The highest BCUT2D eigenvalue weighted by Crippen LogP contribution is 2.20. The Hall–Kier alpha value is -2.41. The van der Waals surface area contributed by atoms with Gasteiger partial charge in [-0.1, -0.05) is 20.8 Å². The lowest BCUT2D eigenvalue weighted by atomic mass is 9.87. The first-order valence-corrected chi connectivity index (χ1v) is 6.20. The molecular formula is C14H18N2O5. The molecule has 5 N–H and O–H groups in total. The van der Waals surface area contributed by atoms with Gasteiger partial charge in [-0.2, -0.15) is 0 Å². The van der Waals surface area contributed by atoms with Gasteiger partial charge in [0.1, 0.15) is 0 Å². The normalized spacial score (nSPS) is 12.6. The zero-order valence-electron chi connectivity index (χ0n) is 12.0. The Morgan fingerprint density at radius 3 is 1.81 bits per heavy atom. The topological polar surface area (TPSA) is 130 Å². The second-order valence-electron chi connectivity index (χ2n) is 5.74. The Kier molecular flexibility index (Phi) is 4.69. The summed E-state index contributed by atoms with van der Waals surface area (Å²) in [7, 11) is 0. The van der Waals surface area contributed by atoms with Crippen LogP contribution in [0.25, 0.3) is 0 Å². The van der Waals surface area contributed by atoms with Crippen LogP contribution in [0.1, 0.15) is 41.5 Å². The Bertz CT molecular complexity index is 557. The van der Waals surface area contributed by atoms with E-state index in [0.717, 1.165) is 6.07 Å². The van der Waals surface area contributed by atoms with Crippen molar-refractivity contribution in [2.75, 3.05) is 5.32 Å². The van der Waals surface area contributed by atoms with Crippen molar-refractivity contribution < 1.29 is 24.6 Å². The van der Waals surface area contributed by atoms with Gasteiger partial charge in [-0.3, -0.25) is 4.79 Å². The zero-order chi connectivity index (χ0) is 16.4. The summed E-state index contributed by atoms with van der Waals surface area (Å²) >= 11 is 0. The molecule has 0 aliphatic carbocycles. The lowest BCUT2D eigenvalue weighted by Gasteiger charge is -2.25. The quantitative estimate of drug-likeness (QED) is 0.664. The fourth-order valence-corrected chi connectivity index (χ4v) is 1.56. The minimum absolute atomic E-state index is 0.0806. The maximum Gasteiger partial charge on any atom is 0.335 e. The highest BCUT2D eigenvalue weighted by Gasteiger charge is 2.27. The summed E-state index contributed by atoms with van der Waals surface area (Å²) in [5.74, 6) is -3.08. The van der Waals surface area contributed by atoms with Crippen LogP contribution in [0, 0.1) is 5.41 Å². The molecule has 1 rings (SSSR count). The van der Waals surface area contributed by atoms with Crippen molar-refractivity contribution in [3.63, 3.8) is 0 Å². The number of rotatable bonds is 4. The number of carboxylic acids is 2.